The second-order valence-corrected chi connectivity index (χ2v) is 6.81. The van der Waals surface area contributed by atoms with E-state index in [0.29, 0.717) is 18.1 Å². The van der Waals surface area contributed by atoms with Crippen molar-refractivity contribution in [3.05, 3.63) is 69.3 Å². The highest BCUT2D eigenvalue weighted by Crippen LogP contribution is 2.41. The van der Waals surface area contributed by atoms with E-state index in [9.17, 15) is 4.79 Å². The molecular weight excluding hydrogens is 314 g/mol. The molecule has 0 radical (unpaired) electrons. The number of benzene rings is 1. The zero-order valence-corrected chi connectivity index (χ0v) is 14.8. The first-order valence-electron chi connectivity index (χ1n) is 8.75. The second kappa shape index (κ2) is 6.03. The number of ether oxygens (including phenoxy) is 1. The average Bonchev–Trinajstić information content (AvgIpc) is 3.00. The Hall–Kier alpha value is -2.62. The van der Waals surface area contributed by atoms with Gasteiger partial charge < -0.3 is 9.15 Å². The van der Waals surface area contributed by atoms with E-state index in [4.69, 9.17) is 9.15 Å². The van der Waals surface area contributed by atoms with Crippen LogP contribution in [0.15, 0.2) is 45.9 Å². The Morgan fingerprint density at radius 1 is 1.20 bits per heavy atom. The number of hydrogen-bond acceptors (Lipinski definition) is 3. The van der Waals surface area contributed by atoms with Crippen molar-refractivity contribution in [2.45, 2.75) is 39.7 Å². The summed E-state index contributed by atoms with van der Waals surface area (Å²) in [5, 5.41) is 0.998. The minimum Gasteiger partial charge on any atom is -0.492 e. The lowest BCUT2D eigenvalue weighted by molar-refractivity contribution is -0.699. The first-order valence-corrected chi connectivity index (χ1v) is 8.75. The molecule has 1 unspecified atom stereocenters. The predicted octanol–water partition coefficient (Wildman–Crippen LogP) is 3.44. The highest BCUT2D eigenvalue weighted by Gasteiger charge is 2.30. The number of aryl methyl sites for hydroxylation is 3. The fraction of sp³-hybridized carbons (Fsp3) is 0.333. The van der Waals surface area contributed by atoms with Crippen LogP contribution in [0.4, 0.5) is 0 Å². The third-order valence-electron chi connectivity index (χ3n) is 5.12. The fourth-order valence-electron chi connectivity index (χ4n) is 3.64. The first-order chi connectivity index (χ1) is 12.1. The van der Waals surface area contributed by atoms with Crippen molar-refractivity contribution in [2.24, 2.45) is 0 Å². The van der Waals surface area contributed by atoms with Gasteiger partial charge in [-0.2, -0.15) is 0 Å². The molecule has 0 amide bonds. The van der Waals surface area contributed by atoms with Gasteiger partial charge in [-0.25, -0.2) is 9.36 Å². The molecule has 4 nitrogen and oxygen atoms in total. The van der Waals surface area contributed by atoms with Crippen molar-refractivity contribution in [2.75, 3.05) is 6.61 Å². The Kier molecular flexibility index (Phi) is 3.83. The molecule has 1 aliphatic heterocycles. The quantitative estimate of drug-likeness (QED) is 0.544. The van der Waals surface area contributed by atoms with Crippen molar-refractivity contribution >= 4 is 11.0 Å². The summed E-state index contributed by atoms with van der Waals surface area (Å²) >= 11 is 0. The predicted molar refractivity (Wildman–Crippen MR) is 96.2 cm³/mol. The summed E-state index contributed by atoms with van der Waals surface area (Å²) in [5.41, 5.74) is 4.74. The average molecular weight is 336 g/mol. The van der Waals surface area contributed by atoms with Crippen LogP contribution in [0.1, 0.15) is 35.1 Å². The van der Waals surface area contributed by atoms with E-state index in [-0.39, 0.29) is 5.63 Å². The molecule has 4 rings (SSSR count). The van der Waals surface area contributed by atoms with Gasteiger partial charge in [-0.15, -0.1) is 0 Å². The Labute approximate surface area is 146 Å². The maximum atomic E-state index is 11.7. The first kappa shape index (κ1) is 15.9. The van der Waals surface area contributed by atoms with Gasteiger partial charge in [-0.05, 0) is 37.5 Å². The van der Waals surface area contributed by atoms with Gasteiger partial charge in [-0.1, -0.05) is 6.92 Å². The van der Waals surface area contributed by atoms with Gasteiger partial charge in [0.05, 0.1) is 5.92 Å². The molecule has 0 bridgehead atoms. The van der Waals surface area contributed by atoms with Gasteiger partial charge in [0.2, 0.25) is 0 Å². The second-order valence-electron chi connectivity index (χ2n) is 6.81. The van der Waals surface area contributed by atoms with Gasteiger partial charge in [0.25, 0.3) is 0 Å². The molecule has 0 aliphatic carbocycles. The van der Waals surface area contributed by atoms with Gasteiger partial charge in [0.15, 0.2) is 18.9 Å². The summed E-state index contributed by atoms with van der Waals surface area (Å²) in [6.07, 6.45) is 5.32. The third kappa shape index (κ3) is 2.72. The molecule has 0 N–H and O–H groups in total. The summed E-state index contributed by atoms with van der Waals surface area (Å²) in [5.74, 6) is 1.17. The van der Waals surface area contributed by atoms with Crippen molar-refractivity contribution in [3.63, 3.8) is 0 Å². The number of rotatable bonds is 3. The molecule has 128 valence electrons. The fourth-order valence-corrected chi connectivity index (χ4v) is 3.64. The molecule has 0 spiro atoms. The van der Waals surface area contributed by atoms with Crippen LogP contribution in [0.3, 0.4) is 0 Å². The molecule has 0 fully saturated rings. The highest BCUT2D eigenvalue weighted by atomic mass is 16.5. The molecule has 3 aromatic rings. The van der Waals surface area contributed by atoms with Crippen molar-refractivity contribution in [1.82, 2.24) is 0 Å². The molecule has 4 heteroatoms. The van der Waals surface area contributed by atoms with E-state index in [0.717, 1.165) is 35.2 Å². The van der Waals surface area contributed by atoms with Crippen LogP contribution in [0, 0.1) is 13.8 Å². The van der Waals surface area contributed by atoms with Crippen LogP contribution in [-0.4, -0.2) is 6.61 Å². The molecule has 1 aromatic carbocycles. The zero-order valence-electron chi connectivity index (χ0n) is 14.8. The van der Waals surface area contributed by atoms with E-state index >= 15 is 0 Å². The lowest BCUT2D eigenvalue weighted by Gasteiger charge is -2.10. The van der Waals surface area contributed by atoms with Gasteiger partial charge in [0, 0.05) is 34.7 Å². The number of hydrogen-bond donors (Lipinski definition) is 0. The summed E-state index contributed by atoms with van der Waals surface area (Å²) in [7, 11) is 0. The molecular formula is C21H22NO3+. The van der Waals surface area contributed by atoms with Crippen LogP contribution < -0.4 is 14.9 Å². The highest BCUT2D eigenvalue weighted by molar-refractivity contribution is 5.86. The molecule has 0 saturated heterocycles. The normalized spacial score (nSPS) is 16.0. The van der Waals surface area contributed by atoms with E-state index < -0.39 is 0 Å². The summed E-state index contributed by atoms with van der Waals surface area (Å²) in [6, 6.07) is 8.02. The standard InChI is InChI=1S/C21H22NO3/c1-4-15-5-7-22(8-6-15)11-16-12-24-20-14(3)21-17(10-18(16)20)13(2)9-19(23)25-21/h5-10,16H,4,11-12H2,1-3H3/q+1. The minimum absolute atomic E-state index is 0.293. The molecule has 3 heterocycles. The monoisotopic (exact) mass is 336 g/mol. The van der Waals surface area contributed by atoms with Gasteiger partial charge in [-0.3, -0.25) is 0 Å². The van der Waals surface area contributed by atoms with E-state index in [1.54, 1.807) is 6.07 Å². The maximum Gasteiger partial charge on any atom is 0.336 e. The number of fused-ring (bicyclic) bond motifs is 2. The lowest BCUT2D eigenvalue weighted by atomic mass is 9.95. The summed E-state index contributed by atoms with van der Waals surface area (Å²) in [4.78, 5) is 11.7. The van der Waals surface area contributed by atoms with Crippen LogP contribution in [0.2, 0.25) is 0 Å². The molecule has 0 saturated carbocycles. The number of pyridine rings is 1. The SMILES string of the molecule is CCc1cc[n+](CC2COc3c2cc2c(C)cc(=O)oc2c3C)cc1. The van der Waals surface area contributed by atoms with Crippen molar-refractivity contribution < 1.29 is 13.7 Å². The van der Waals surface area contributed by atoms with Crippen LogP contribution in [0.5, 0.6) is 5.75 Å². The Balaban J connectivity index is 1.75. The molecule has 1 atom stereocenters. The van der Waals surface area contributed by atoms with E-state index in [1.165, 1.54) is 11.1 Å². The molecule has 25 heavy (non-hydrogen) atoms. The van der Waals surface area contributed by atoms with E-state index in [2.05, 4.69) is 42.1 Å². The third-order valence-corrected chi connectivity index (χ3v) is 5.12. The Bertz CT molecular complexity index is 1000. The van der Waals surface area contributed by atoms with Crippen LogP contribution in [-0.2, 0) is 13.0 Å². The van der Waals surface area contributed by atoms with Crippen molar-refractivity contribution in [3.8, 4) is 5.75 Å². The Morgan fingerprint density at radius 2 is 1.96 bits per heavy atom. The zero-order chi connectivity index (χ0) is 17.6. The maximum absolute atomic E-state index is 11.7. The summed E-state index contributed by atoms with van der Waals surface area (Å²) in [6.45, 7) is 7.61. The number of aromatic nitrogens is 1. The summed E-state index contributed by atoms with van der Waals surface area (Å²) < 4.78 is 13.6. The molecule has 2 aromatic heterocycles. The Morgan fingerprint density at radius 3 is 2.68 bits per heavy atom. The smallest absolute Gasteiger partial charge is 0.336 e. The van der Waals surface area contributed by atoms with Crippen molar-refractivity contribution in [1.29, 1.82) is 0 Å². The lowest BCUT2D eigenvalue weighted by Crippen LogP contribution is -2.36. The molecule has 1 aliphatic rings. The topological polar surface area (TPSA) is 43.3 Å². The van der Waals surface area contributed by atoms with Gasteiger partial charge >= 0.3 is 5.63 Å². The number of nitrogens with zero attached hydrogens (tertiary/aromatic N) is 1. The van der Waals surface area contributed by atoms with Crippen LogP contribution >= 0.6 is 0 Å². The minimum atomic E-state index is -0.311. The van der Waals surface area contributed by atoms with Crippen LogP contribution in [0.25, 0.3) is 11.0 Å². The largest absolute Gasteiger partial charge is 0.492 e. The van der Waals surface area contributed by atoms with Gasteiger partial charge in [0.1, 0.15) is 17.9 Å². The van der Waals surface area contributed by atoms with E-state index in [1.807, 2.05) is 13.8 Å².